The maximum Gasteiger partial charge on any atom is 0.0630 e. The molecule has 0 unspecified atom stereocenters. The Morgan fingerprint density at radius 1 is 1.09 bits per heavy atom. The number of piperazine rings is 1. The highest BCUT2D eigenvalue weighted by Crippen LogP contribution is 2.09. The van der Waals surface area contributed by atoms with Crippen LogP contribution >= 0.6 is 0 Å². The van der Waals surface area contributed by atoms with Gasteiger partial charge in [-0.3, -0.25) is 4.90 Å². The number of nitrogens with two attached hydrogens (primary N) is 1. The molecular formula is C8H19N3. The molecule has 0 amide bonds. The second-order valence-corrected chi connectivity index (χ2v) is 3.94. The minimum atomic E-state index is -0.138. The van der Waals surface area contributed by atoms with E-state index < -0.39 is 0 Å². The molecule has 11 heavy (non-hydrogen) atoms. The molecule has 1 fully saturated rings. The van der Waals surface area contributed by atoms with Crippen molar-refractivity contribution < 1.29 is 0 Å². The molecule has 1 saturated heterocycles. The third-order valence-electron chi connectivity index (χ3n) is 2.32. The van der Waals surface area contributed by atoms with E-state index in [1.807, 2.05) is 0 Å². The van der Waals surface area contributed by atoms with Gasteiger partial charge in [0, 0.05) is 26.2 Å². The first-order valence-corrected chi connectivity index (χ1v) is 4.22. The van der Waals surface area contributed by atoms with Crippen molar-refractivity contribution >= 4 is 0 Å². The van der Waals surface area contributed by atoms with Gasteiger partial charge in [-0.25, -0.2) is 0 Å². The minimum absolute atomic E-state index is 0.138. The first-order valence-electron chi connectivity index (χ1n) is 4.22. The highest BCUT2D eigenvalue weighted by atomic mass is 15.3. The Morgan fingerprint density at radius 2 is 1.55 bits per heavy atom. The van der Waals surface area contributed by atoms with Gasteiger partial charge in [0.2, 0.25) is 0 Å². The Balaban J connectivity index is 2.39. The molecule has 0 aromatic carbocycles. The Bertz CT molecular complexity index is 120. The fraction of sp³-hybridized carbons (Fsp3) is 1.00. The lowest BCUT2D eigenvalue weighted by Gasteiger charge is -2.40. The summed E-state index contributed by atoms with van der Waals surface area (Å²) in [5.41, 5.74) is 5.83. The summed E-state index contributed by atoms with van der Waals surface area (Å²) in [4.78, 5) is 4.66. The SMILES string of the molecule is CN1CCN(C(C)(C)N)CC1. The molecule has 0 saturated carbocycles. The molecule has 3 heteroatoms. The topological polar surface area (TPSA) is 32.5 Å². The Kier molecular flexibility index (Phi) is 2.52. The van der Waals surface area contributed by atoms with E-state index in [0.29, 0.717) is 0 Å². The first-order chi connectivity index (χ1) is 5.00. The second kappa shape index (κ2) is 3.09. The fourth-order valence-electron chi connectivity index (χ4n) is 1.38. The molecule has 2 N–H and O–H groups in total. The molecule has 0 atom stereocenters. The van der Waals surface area contributed by atoms with Gasteiger partial charge in [0.05, 0.1) is 5.66 Å². The molecule has 1 heterocycles. The van der Waals surface area contributed by atoms with Crippen LogP contribution in [0, 0.1) is 0 Å². The number of hydrogen-bond acceptors (Lipinski definition) is 3. The summed E-state index contributed by atoms with van der Waals surface area (Å²) in [6, 6.07) is 0. The van der Waals surface area contributed by atoms with Crippen molar-refractivity contribution in [2.45, 2.75) is 19.5 Å². The largest absolute Gasteiger partial charge is 0.314 e. The third kappa shape index (κ3) is 2.43. The average molecular weight is 157 g/mol. The van der Waals surface area contributed by atoms with Crippen LogP contribution in [0.2, 0.25) is 0 Å². The van der Waals surface area contributed by atoms with Crippen molar-refractivity contribution in [1.29, 1.82) is 0 Å². The molecule has 3 nitrogen and oxygen atoms in total. The molecular weight excluding hydrogens is 138 g/mol. The lowest BCUT2D eigenvalue weighted by Crippen LogP contribution is -2.58. The zero-order valence-corrected chi connectivity index (χ0v) is 7.80. The molecule has 1 aliphatic rings. The lowest BCUT2D eigenvalue weighted by molar-refractivity contribution is 0.0662. The van der Waals surface area contributed by atoms with Crippen LogP contribution in [0.4, 0.5) is 0 Å². The van der Waals surface area contributed by atoms with Gasteiger partial charge in [-0.15, -0.1) is 0 Å². The minimum Gasteiger partial charge on any atom is -0.314 e. The summed E-state index contributed by atoms with van der Waals surface area (Å²) >= 11 is 0. The van der Waals surface area contributed by atoms with Crippen LogP contribution in [-0.2, 0) is 0 Å². The third-order valence-corrected chi connectivity index (χ3v) is 2.32. The molecule has 1 aliphatic heterocycles. The van der Waals surface area contributed by atoms with E-state index in [9.17, 15) is 0 Å². The lowest BCUT2D eigenvalue weighted by atomic mass is 10.2. The first kappa shape index (κ1) is 8.97. The van der Waals surface area contributed by atoms with E-state index in [0.717, 1.165) is 26.2 Å². The summed E-state index contributed by atoms with van der Waals surface area (Å²) in [6.07, 6.45) is 0. The number of rotatable bonds is 1. The highest BCUT2D eigenvalue weighted by molar-refractivity contribution is 4.79. The van der Waals surface area contributed by atoms with Gasteiger partial charge in [-0.2, -0.15) is 0 Å². The van der Waals surface area contributed by atoms with Gasteiger partial charge in [-0.05, 0) is 20.9 Å². The van der Waals surface area contributed by atoms with Crippen LogP contribution in [0.15, 0.2) is 0 Å². The van der Waals surface area contributed by atoms with E-state index in [4.69, 9.17) is 5.73 Å². The highest BCUT2D eigenvalue weighted by Gasteiger charge is 2.24. The van der Waals surface area contributed by atoms with Crippen LogP contribution in [-0.4, -0.2) is 48.7 Å². The molecule has 0 spiro atoms. The molecule has 0 bridgehead atoms. The molecule has 0 aliphatic carbocycles. The van der Waals surface area contributed by atoms with Crippen LogP contribution < -0.4 is 5.73 Å². The smallest absolute Gasteiger partial charge is 0.0630 e. The quantitative estimate of drug-likeness (QED) is 0.578. The van der Waals surface area contributed by atoms with Crippen molar-refractivity contribution in [2.24, 2.45) is 5.73 Å². The zero-order valence-electron chi connectivity index (χ0n) is 7.80. The summed E-state index contributed by atoms with van der Waals surface area (Å²) in [5, 5.41) is 0. The summed E-state index contributed by atoms with van der Waals surface area (Å²) in [6.45, 7) is 8.61. The predicted molar refractivity (Wildman–Crippen MR) is 47.3 cm³/mol. The summed E-state index contributed by atoms with van der Waals surface area (Å²) in [5.74, 6) is 0. The van der Waals surface area contributed by atoms with Crippen LogP contribution in [0.1, 0.15) is 13.8 Å². The second-order valence-electron chi connectivity index (χ2n) is 3.94. The Hall–Kier alpha value is -0.120. The molecule has 0 aromatic rings. The van der Waals surface area contributed by atoms with Crippen molar-refractivity contribution in [1.82, 2.24) is 9.80 Å². The van der Waals surface area contributed by atoms with Gasteiger partial charge in [0.15, 0.2) is 0 Å². The number of hydrogen-bond donors (Lipinski definition) is 1. The van der Waals surface area contributed by atoms with Crippen LogP contribution in [0.5, 0.6) is 0 Å². The molecule has 0 aromatic heterocycles. The standard InChI is InChI=1S/C8H19N3/c1-8(2,9)11-6-4-10(3)5-7-11/h4-7,9H2,1-3H3. The van der Waals surface area contributed by atoms with Gasteiger partial charge >= 0.3 is 0 Å². The monoisotopic (exact) mass is 157 g/mol. The van der Waals surface area contributed by atoms with Crippen molar-refractivity contribution in [2.75, 3.05) is 33.2 Å². The Labute approximate surface area is 69.1 Å². The molecule has 66 valence electrons. The maximum absolute atomic E-state index is 5.96. The maximum atomic E-state index is 5.96. The summed E-state index contributed by atoms with van der Waals surface area (Å²) in [7, 11) is 2.15. The van der Waals surface area contributed by atoms with Crippen molar-refractivity contribution in [3.05, 3.63) is 0 Å². The van der Waals surface area contributed by atoms with Gasteiger partial charge in [0.1, 0.15) is 0 Å². The van der Waals surface area contributed by atoms with Gasteiger partial charge in [0.25, 0.3) is 0 Å². The summed E-state index contributed by atoms with van der Waals surface area (Å²) < 4.78 is 0. The predicted octanol–water partition coefficient (Wildman–Crippen LogP) is -0.0714. The number of nitrogens with zero attached hydrogens (tertiary/aromatic N) is 2. The van der Waals surface area contributed by atoms with E-state index in [1.54, 1.807) is 0 Å². The molecule has 1 rings (SSSR count). The van der Waals surface area contributed by atoms with Crippen LogP contribution in [0.3, 0.4) is 0 Å². The molecule has 0 radical (unpaired) electrons. The number of likely N-dealkylation sites (N-methyl/N-ethyl adjacent to an activating group) is 1. The van der Waals surface area contributed by atoms with Crippen LogP contribution in [0.25, 0.3) is 0 Å². The van der Waals surface area contributed by atoms with Crippen molar-refractivity contribution in [3.63, 3.8) is 0 Å². The van der Waals surface area contributed by atoms with Gasteiger partial charge < -0.3 is 10.6 Å². The normalized spacial score (nSPS) is 24.0. The van der Waals surface area contributed by atoms with Gasteiger partial charge in [-0.1, -0.05) is 0 Å². The van der Waals surface area contributed by atoms with E-state index >= 15 is 0 Å². The van der Waals surface area contributed by atoms with Crippen molar-refractivity contribution in [3.8, 4) is 0 Å². The average Bonchev–Trinajstić information content (AvgIpc) is 1.86. The van der Waals surface area contributed by atoms with E-state index in [-0.39, 0.29) is 5.66 Å². The zero-order chi connectivity index (χ0) is 8.48. The van der Waals surface area contributed by atoms with E-state index in [1.165, 1.54) is 0 Å². The van der Waals surface area contributed by atoms with E-state index in [2.05, 4.69) is 30.7 Å². The Morgan fingerprint density at radius 3 is 1.91 bits per heavy atom. The fourth-order valence-corrected chi connectivity index (χ4v) is 1.38.